The summed E-state index contributed by atoms with van der Waals surface area (Å²) >= 11 is 0. The van der Waals surface area contributed by atoms with Gasteiger partial charge < -0.3 is 14.4 Å². The zero-order valence-corrected chi connectivity index (χ0v) is 16.2. The van der Waals surface area contributed by atoms with Crippen molar-refractivity contribution in [2.45, 2.75) is 39.0 Å². The van der Waals surface area contributed by atoms with E-state index in [2.05, 4.69) is 0 Å². The van der Waals surface area contributed by atoms with Crippen LogP contribution in [0.25, 0.3) is 0 Å². The molecule has 26 heavy (non-hydrogen) atoms. The number of aryl methyl sites for hydroxylation is 2. The van der Waals surface area contributed by atoms with Crippen LogP contribution in [0.3, 0.4) is 0 Å². The van der Waals surface area contributed by atoms with Gasteiger partial charge in [0.2, 0.25) is 15.9 Å². The predicted octanol–water partition coefficient (Wildman–Crippen LogP) is 1.47. The molecule has 3 rings (SSSR count). The lowest BCUT2D eigenvalue weighted by molar-refractivity contribution is -0.134. The van der Waals surface area contributed by atoms with Gasteiger partial charge in [-0.15, -0.1) is 0 Å². The molecule has 1 aromatic rings. The van der Waals surface area contributed by atoms with Crippen molar-refractivity contribution in [3.8, 4) is 0 Å². The predicted molar refractivity (Wildman–Crippen MR) is 92.4 cm³/mol. The number of amides is 1. The Bertz CT molecular complexity index is 862. The van der Waals surface area contributed by atoms with E-state index in [-0.39, 0.29) is 52.3 Å². The van der Waals surface area contributed by atoms with Crippen molar-refractivity contribution in [1.82, 2.24) is 9.21 Å². The first kappa shape index (κ1) is 18.9. The lowest BCUT2D eigenvalue weighted by Crippen LogP contribution is -2.51. The van der Waals surface area contributed by atoms with Gasteiger partial charge in [-0.2, -0.15) is 4.31 Å². The lowest BCUT2D eigenvalue weighted by atomic mass is 10.1. The van der Waals surface area contributed by atoms with E-state index in [1.807, 2.05) is 13.8 Å². The van der Waals surface area contributed by atoms with Crippen LogP contribution in [0.4, 0.5) is 0 Å². The van der Waals surface area contributed by atoms with Crippen LogP contribution < -0.4 is 0 Å². The van der Waals surface area contributed by atoms with Gasteiger partial charge in [-0.05, 0) is 25.7 Å². The minimum atomic E-state index is -4.00. The Morgan fingerprint density at radius 2 is 1.65 bits per heavy atom. The smallest absolute Gasteiger partial charge is 0.340 e. The van der Waals surface area contributed by atoms with E-state index < -0.39 is 16.0 Å². The fraction of sp³-hybridized carbons (Fsp3) is 0.647. The maximum atomic E-state index is 13.0. The molecule has 9 heteroatoms. The van der Waals surface area contributed by atoms with Crippen molar-refractivity contribution in [2.75, 3.05) is 26.2 Å². The molecule has 1 atom stereocenters. The Morgan fingerprint density at radius 3 is 2.12 bits per heavy atom. The van der Waals surface area contributed by atoms with Crippen LogP contribution in [0.5, 0.6) is 0 Å². The molecule has 2 aliphatic rings. The summed E-state index contributed by atoms with van der Waals surface area (Å²) in [4.78, 5) is 25.4. The molecule has 0 aromatic carbocycles. The highest BCUT2D eigenvalue weighted by Gasteiger charge is 2.52. The molecular formula is C17H24N2O6S. The van der Waals surface area contributed by atoms with Gasteiger partial charge in [0, 0.05) is 32.1 Å². The highest BCUT2D eigenvalue weighted by atomic mass is 32.2. The number of furan rings is 1. The Kier molecular flexibility index (Phi) is 4.43. The maximum absolute atomic E-state index is 13.0. The van der Waals surface area contributed by atoms with Gasteiger partial charge in [-0.25, -0.2) is 13.2 Å². The van der Waals surface area contributed by atoms with Crippen molar-refractivity contribution >= 4 is 21.9 Å². The molecule has 0 bridgehead atoms. The molecule has 0 radical (unpaired) electrons. The van der Waals surface area contributed by atoms with Gasteiger partial charge in [-0.3, -0.25) is 4.79 Å². The van der Waals surface area contributed by atoms with Gasteiger partial charge in [0.15, 0.2) is 0 Å². The summed E-state index contributed by atoms with van der Waals surface area (Å²) in [6.07, 6.45) is 0.861. The Hall–Kier alpha value is -1.87. The molecule has 2 heterocycles. The first-order valence-electron chi connectivity index (χ1n) is 8.59. The maximum Gasteiger partial charge on any atom is 0.340 e. The zero-order valence-electron chi connectivity index (χ0n) is 15.4. The van der Waals surface area contributed by atoms with Crippen molar-refractivity contribution in [3.63, 3.8) is 0 Å². The standard InChI is InChI=1S/C17H24N2O6S/c1-10-13(16(21)22)14(11(2)25-10)26(23,24)19-7-5-18(6-8-19)15(20)12-9-17(12,3)4/h12H,5-9H2,1-4H3,(H,21,22)/t12-/m1/s1. The quantitative estimate of drug-likeness (QED) is 0.842. The highest BCUT2D eigenvalue weighted by molar-refractivity contribution is 7.89. The minimum Gasteiger partial charge on any atom is -0.478 e. The first-order chi connectivity index (χ1) is 12.0. The van der Waals surface area contributed by atoms with Gasteiger partial charge >= 0.3 is 5.97 Å². The van der Waals surface area contributed by atoms with E-state index in [1.54, 1.807) is 4.90 Å². The van der Waals surface area contributed by atoms with Crippen LogP contribution in [-0.4, -0.2) is 60.8 Å². The average Bonchev–Trinajstić information content (AvgIpc) is 3.06. The van der Waals surface area contributed by atoms with E-state index in [4.69, 9.17) is 4.42 Å². The summed E-state index contributed by atoms with van der Waals surface area (Å²) in [5.74, 6) is -1.10. The first-order valence-corrected chi connectivity index (χ1v) is 10.0. The van der Waals surface area contributed by atoms with E-state index in [9.17, 15) is 23.1 Å². The fourth-order valence-electron chi connectivity index (χ4n) is 3.61. The molecule has 1 aliphatic heterocycles. The number of hydrogen-bond acceptors (Lipinski definition) is 5. The van der Waals surface area contributed by atoms with E-state index in [0.717, 1.165) is 6.42 Å². The van der Waals surface area contributed by atoms with E-state index in [0.29, 0.717) is 13.1 Å². The summed E-state index contributed by atoms with van der Waals surface area (Å²) in [7, 11) is -4.00. The van der Waals surface area contributed by atoms with Gasteiger partial charge in [0.25, 0.3) is 0 Å². The largest absolute Gasteiger partial charge is 0.478 e. The molecule has 1 aromatic heterocycles. The molecule has 1 saturated heterocycles. The Labute approximate surface area is 152 Å². The molecule has 1 aliphatic carbocycles. The van der Waals surface area contributed by atoms with Gasteiger partial charge in [-0.1, -0.05) is 13.8 Å². The number of carboxylic acids is 1. The topological polar surface area (TPSA) is 108 Å². The number of carbonyl (C=O) groups is 2. The number of nitrogens with zero attached hydrogens (tertiary/aromatic N) is 2. The number of hydrogen-bond donors (Lipinski definition) is 1. The molecule has 1 amide bonds. The van der Waals surface area contributed by atoms with Crippen molar-refractivity contribution in [2.24, 2.45) is 11.3 Å². The number of carbonyl (C=O) groups excluding carboxylic acids is 1. The number of carboxylic acid groups (broad SMARTS) is 1. The van der Waals surface area contributed by atoms with Gasteiger partial charge in [0.05, 0.1) is 0 Å². The van der Waals surface area contributed by atoms with Crippen molar-refractivity contribution in [1.29, 1.82) is 0 Å². The molecule has 1 N–H and O–H groups in total. The second-order valence-electron chi connectivity index (χ2n) is 7.70. The van der Waals surface area contributed by atoms with Crippen molar-refractivity contribution in [3.05, 3.63) is 17.1 Å². The third-order valence-corrected chi connectivity index (χ3v) is 7.43. The van der Waals surface area contributed by atoms with Crippen LogP contribution in [-0.2, 0) is 14.8 Å². The summed E-state index contributed by atoms with van der Waals surface area (Å²) in [6.45, 7) is 7.88. The van der Waals surface area contributed by atoms with Crippen LogP contribution in [0.2, 0.25) is 0 Å². The second-order valence-corrected chi connectivity index (χ2v) is 9.57. The van der Waals surface area contributed by atoms with Gasteiger partial charge in [0.1, 0.15) is 22.0 Å². The molecule has 0 spiro atoms. The summed E-state index contributed by atoms with van der Waals surface area (Å²) in [6, 6.07) is 0. The number of rotatable bonds is 4. The number of piperazine rings is 1. The van der Waals surface area contributed by atoms with Crippen LogP contribution in [0.1, 0.15) is 42.1 Å². The third kappa shape index (κ3) is 3.03. The molecule has 0 unspecified atom stereocenters. The Morgan fingerprint density at radius 1 is 1.12 bits per heavy atom. The SMILES string of the molecule is Cc1oc(C)c(S(=O)(=O)N2CCN(C(=O)[C@H]3CC3(C)C)CC2)c1C(=O)O. The number of aromatic carboxylic acids is 1. The monoisotopic (exact) mass is 384 g/mol. The zero-order chi connectivity index (χ0) is 19.4. The normalized spacial score (nSPS) is 23.1. The fourth-order valence-corrected chi connectivity index (χ4v) is 5.40. The molecule has 2 fully saturated rings. The summed E-state index contributed by atoms with van der Waals surface area (Å²) in [5.41, 5.74) is -0.289. The number of sulfonamides is 1. The molecule has 1 saturated carbocycles. The highest BCUT2D eigenvalue weighted by Crippen LogP contribution is 2.52. The lowest BCUT2D eigenvalue weighted by Gasteiger charge is -2.34. The van der Waals surface area contributed by atoms with Crippen LogP contribution in [0.15, 0.2) is 9.31 Å². The van der Waals surface area contributed by atoms with Crippen LogP contribution in [0, 0.1) is 25.2 Å². The average molecular weight is 384 g/mol. The van der Waals surface area contributed by atoms with Crippen LogP contribution >= 0.6 is 0 Å². The van der Waals surface area contributed by atoms with E-state index in [1.165, 1.54) is 18.2 Å². The molecule has 8 nitrogen and oxygen atoms in total. The summed E-state index contributed by atoms with van der Waals surface area (Å²) in [5, 5.41) is 9.36. The van der Waals surface area contributed by atoms with Crippen molar-refractivity contribution < 1.29 is 27.5 Å². The molecular weight excluding hydrogens is 360 g/mol. The third-order valence-electron chi connectivity index (χ3n) is 5.38. The minimum absolute atomic E-state index is 0.0167. The molecule has 144 valence electrons. The van der Waals surface area contributed by atoms with E-state index >= 15 is 0 Å². The summed E-state index contributed by atoms with van der Waals surface area (Å²) < 4.78 is 32.4. The second kappa shape index (κ2) is 6.09. The Balaban J connectivity index is 1.77.